The Kier molecular flexibility index (Phi) is 8.72. The lowest BCUT2D eigenvalue weighted by molar-refractivity contribution is 0.0921. The second-order valence-corrected chi connectivity index (χ2v) is 10.6. The Morgan fingerprint density at radius 2 is 1.85 bits per heavy atom. The number of carbonyl (C=O) groups excluding carboxylic acids is 1. The standard InChI is InChI=1S/C28H34N2O3S/c1-22-7-5-10-26(19-22)34(32)21-25-11-12-27(33-25)28(31)29-15-6-16-30-17-13-24(14-18-30)20-23-8-3-2-4-9-23/h2-5,7-12,19,24H,6,13-18,20-21H2,1H3,(H,29,31). The van der Waals surface area contributed by atoms with Gasteiger partial charge >= 0.3 is 0 Å². The fraction of sp³-hybridized carbons (Fsp3) is 0.393. The van der Waals surface area contributed by atoms with Gasteiger partial charge < -0.3 is 14.6 Å². The zero-order valence-electron chi connectivity index (χ0n) is 19.9. The maximum absolute atomic E-state index is 12.6. The van der Waals surface area contributed by atoms with Gasteiger partial charge in [0.1, 0.15) is 5.76 Å². The molecule has 34 heavy (non-hydrogen) atoms. The normalized spacial score (nSPS) is 15.8. The van der Waals surface area contributed by atoms with Crippen LogP contribution < -0.4 is 5.32 Å². The fourth-order valence-corrected chi connectivity index (χ4v) is 5.63. The van der Waals surface area contributed by atoms with Crippen molar-refractivity contribution in [1.82, 2.24) is 10.2 Å². The van der Waals surface area contributed by atoms with Crippen molar-refractivity contribution in [2.24, 2.45) is 5.92 Å². The largest absolute Gasteiger partial charge is 0.455 e. The van der Waals surface area contributed by atoms with Gasteiger partial charge in [-0.1, -0.05) is 42.5 Å². The van der Waals surface area contributed by atoms with Gasteiger partial charge in [-0.3, -0.25) is 9.00 Å². The van der Waals surface area contributed by atoms with Crippen molar-refractivity contribution in [2.45, 2.75) is 43.3 Å². The first-order valence-corrected chi connectivity index (χ1v) is 13.5. The van der Waals surface area contributed by atoms with Gasteiger partial charge in [-0.2, -0.15) is 0 Å². The zero-order valence-corrected chi connectivity index (χ0v) is 20.7. The van der Waals surface area contributed by atoms with Gasteiger partial charge in [0.25, 0.3) is 5.91 Å². The average Bonchev–Trinajstić information content (AvgIpc) is 3.32. The molecule has 1 N–H and O–H groups in total. The summed E-state index contributed by atoms with van der Waals surface area (Å²) in [6.07, 6.45) is 4.56. The Morgan fingerprint density at radius 1 is 1.06 bits per heavy atom. The van der Waals surface area contributed by atoms with E-state index in [9.17, 15) is 9.00 Å². The minimum atomic E-state index is -1.20. The molecule has 180 valence electrons. The summed E-state index contributed by atoms with van der Waals surface area (Å²) in [5.41, 5.74) is 2.51. The van der Waals surface area contributed by atoms with E-state index in [0.717, 1.165) is 42.4 Å². The van der Waals surface area contributed by atoms with Crippen molar-refractivity contribution >= 4 is 16.7 Å². The van der Waals surface area contributed by atoms with Crippen molar-refractivity contribution in [1.29, 1.82) is 0 Å². The quantitative estimate of drug-likeness (QED) is 0.418. The summed E-state index contributed by atoms with van der Waals surface area (Å²) >= 11 is 0. The summed E-state index contributed by atoms with van der Waals surface area (Å²) in [5, 5.41) is 2.95. The van der Waals surface area contributed by atoms with Gasteiger partial charge in [0.15, 0.2) is 5.76 Å². The Balaban J connectivity index is 1.13. The molecular formula is C28H34N2O3S. The lowest BCUT2D eigenvalue weighted by atomic mass is 9.90. The van der Waals surface area contributed by atoms with Crippen molar-refractivity contribution < 1.29 is 13.4 Å². The molecular weight excluding hydrogens is 444 g/mol. The molecule has 0 saturated carbocycles. The van der Waals surface area contributed by atoms with Crippen LogP contribution in [0.25, 0.3) is 0 Å². The third-order valence-electron chi connectivity index (χ3n) is 6.42. The second-order valence-electron chi connectivity index (χ2n) is 9.16. The zero-order chi connectivity index (χ0) is 23.8. The van der Waals surface area contributed by atoms with E-state index in [1.54, 1.807) is 12.1 Å². The highest BCUT2D eigenvalue weighted by atomic mass is 32.2. The second kappa shape index (κ2) is 12.1. The molecule has 0 spiro atoms. The topological polar surface area (TPSA) is 62.6 Å². The van der Waals surface area contributed by atoms with Crippen molar-refractivity contribution in [2.75, 3.05) is 26.2 Å². The molecule has 4 rings (SSSR count). The number of hydrogen-bond acceptors (Lipinski definition) is 4. The molecule has 1 unspecified atom stereocenters. The molecule has 5 nitrogen and oxygen atoms in total. The SMILES string of the molecule is Cc1cccc(S(=O)Cc2ccc(C(=O)NCCCN3CCC(Cc4ccccc4)CC3)o2)c1. The summed E-state index contributed by atoms with van der Waals surface area (Å²) in [5.74, 6) is 1.65. The molecule has 1 fully saturated rings. The summed E-state index contributed by atoms with van der Waals surface area (Å²) in [7, 11) is -1.20. The molecule has 1 aromatic heterocycles. The molecule has 1 saturated heterocycles. The summed E-state index contributed by atoms with van der Waals surface area (Å²) in [6, 6.07) is 21.8. The van der Waals surface area contributed by atoms with Crippen LogP contribution in [0.3, 0.4) is 0 Å². The molecule has 0 bridgehead atoms. The highest BCUT2D eigenvalue weighted by molar-refractivity contribution is 7.84. The van der Waals surface area contributed by atoms with E-state index in [1.807, 2.05) is 31.2 Å². The molecule has 6 heteroatoms. The van der Waals surface area contributed by atoms with Crippen LogP contribution in [0.1, 0.15) is 46.7 Å². The summed E-state index contributed by atoms with van der Waals surface area (Å²) in [4.78, 5) is 15.7. The number of carbonyl (C=O) groups is 1. The molecule has 0 aliphatic carbocycles. The Morgan fingerprint density at radius 3 is 2.62 bits per heavy atom. The minimum Gasteiger partial charge on any atom is -0.455 e. The van der Waals surface area contributed by atoms with Gasteiger partial charge in [-0.25, -0.2) is 0 Å². The number of furan rings is 1. The minimum absolute atomic E-state index is 0.214. The molecule has 1 atom stereocenters. The first-order chi connectivity index (χ1) is 16.6. The van der Waals surface area contributed by atoms with Crippen LogP contribution in [0.15, 0.2) is 76.0 Å². The number of rotatable bonds is 10. The maximum Gasteiger partial charge on any atom is 0.286 e. The molecule has 2 aromatic carbocycles. The van der Waals surface area contributed by atoms with E-state index in [0.29, 0.717) is 12.3 Å². The molecule has 1 aliphatic rings. The van der Waals surface area contributed by atoms with Crippen molar-refractivity contribution in [3.8, 4) is 0 Å². The highest BCUT2D eigenvalue weighted by Gasteiger charge is 2.19. The number of nitrogens with one attached hydrogen (secondary N) is 1. The van der Waals surface area contributed by atoms with E-state index >= 15 is 0 Å². The van der Waals surface area contributed by atoms with Crippen molar-refractivity contribution in [3.05, 3.63) is 89.4 Å². The van der Waals surface area contributed by atoms with Crippen LogP contribution in [0.4, 0.5) is 0 Å². The number of hydrogen-bond donors (Lipinski definition) is 1. The average molecular weight is 479 g/mol. The van der Waals surface area contributed by atoms with E-state index in [4.69, 9.17) is 4.42 Å². The number of benzene rings is 2. The van der Waals surface area contributed by atoms with Crippen molar-refractivity contribution in [3.63, 3.8) is 0 Å². The summed E-state index contributed by atoms with van der Waals surface area (Å²) in [6.45, 7) is 5.85. The first-order valence-electron chi connectivity index (χ1n) is 12.1. The molecule has 3 aromatic rings. The number of aryl methyl sites for hydroxylation is 1. The van der Waals surface area contributed by atoms with E-state index in [-0.39, 0.29) is 17.4 Å². The Bertz CT molecular complexity index is 1090. The first kappa shape index (κ1) is 24.4. The van der Waals surface area contributed by atoms with E-state index < -0.39 is 10.8 Å². The number of amides is 1. The Hall–Kier alpha value is -2.70. The van der Waals surface area contributed by atoms with Crippen LogP contribution in [0.2, 0.25) is 0 Å². The number of nitrogens with zero attached hydrogens (tertiary/aromatic N) is 1. The lowest BCUT2D eigenvalue weighted by Gasteiger charge is -2.32. The number of likely N-dealkylation sites (tertiary alicyclic amines) is 1. The van der Waals surface area contributed by atoms with E-state index in [2.05, 4.69) is 40.5 Å². The van der Waals surface area contributed by atoms with Gasteiger partial charge in [0, 0.05) is 11.4 Å². The molecule has 0 radical (unpaired) electrons. The predicted molar refractivity (Wildman–Crippen MR) is 136 cm³/mol. The van der Waals surface area contributed by atoms with E-state index in [1.165, 1.54) is 24.8 Å². The van der Waals surface area contributed by atoms with Gasteiger partial charge in [0.05, 0.1) is 16.6 Å². The van der Waals surface area contributed by atoms with Gasteiger partial charge in [-0.05, 0) is 93.6 Å². The lowest BCUT2D eigenvalue weighted by Crippen LogP contribution is -2.36. The third kappa shape index (κ3) is 7.15. The smallest absolute Gasteiger partial charge is 0.286 e. The summed E-state index contributed by atoms with van der Waals surface area (Å²) < 4.78 is 18.2. The van der Waals surface area contributed by atoms with Crippen LogP contribution in [-0.2, 0) is 23.0 Å². The fourth-order valence-electron chi connectivity index (χ4n) is 4.50. The molecule has 1 aliphatic heterocycles. The predicted octanol–water partition coefficient (Wildman–Crippen LogP) is 4.97. The monoisotopic (exact) mass is 478 g/mol. The third-order valence-corrected chi connectivity index (χ3v) is 7.75. The maximum atomic E-state index is 12.6. The number of piperidine rings is 1. The Labute approximate surface area is 205 Å². The van der Waals surface area contributed by atoms with Crippen LogP contribution in [0.5, 0.6) is 0 Å². The van der Waals surface area contributed by atoms with Crippen LogP contribution >= 0.6 is 0 Å². The molecule has 1 amide bonds. The molecule has 2 heterocycles. The van der Waals surface area contributed by atoms with Gasteiger partial charge in [0.2, 0.25) is 0 Å². The van der Waals surface area contributed by atoms with Gasteiger partial charge in [-0.15, -0.1) is 0 Å². The van der Waals surface area contributed by atoms with Crippen LogP contribution in [0, 0.1) is 12.8 Å². The van der Waals surface area contributed by atoms with Crippen LogP contribution in [-0.4, -0.2) is 41.2 Å². The highest BCUT2D eigenvalue weighted by Crippen LogP contribution is 2.21.